The molecule has 1 aromatic rings. The summed E-state index contributed by atoms with van der Waals surface area (Å²) in [5, 5.41) is 5.46. The van der Waals surface area contributed by atoms with Crippen molar-refractivity contribution in [2.24, 2.45) is 0 Å². The molecule has 0 spiro atoms. The molecule has 126 valence electrons. The number of hydrogen-bond donors (Lipinski definition) is 2. The van der Waals surface area contributed by atoms with E-state index < -0.39 is 0 Å². The van der Waals surface area contributed by atoms with Gasteiger partial charge in [0.1, 0.15) is 5.75 Å². The van der Waals surface area contributed by atoms with Crippen LogP contribution in [0.4, 0.5) is 0 Å². The van der Waals surface area contributed by atoms with E-state index in [1.807, 2.05) is 0 Å². The molecule has 23 heavy (non-hydrogen) atoms. The average Bonchev–Trinajstić information content (AvgIpc) is 3.37. The molecule has 0 bridgehead atoms. The Balaban J connectivity index is 1.68. The second kappa shape index (κ2) is 9.18. The minimum atomic E-state index is -0.245. The lowest BCUT2D eigenvalue weighted by Gasteiger charge is -2.08. The highest BCUT2D eigenvalue weighted by Gasteiger charge is 2.23. The van der Waals surface area contributed by atoms with Crippen LogP contribution >= 0.6 is 0 Å². The zero-order valence-corrected chi connectivity index (χ0v) is 13.8. The highest BCUT2D eigenvalue weighted by atomic mass is 16.5. The number of hydrogen-bond acceptors (Lipinski definition) is 3. The number of carbonyl (C=O) groups is 2. The van der Waals surface area contributed by atoms with E-state index in [0.717, 1.165) is 25.0 Å². The molecule has 1 fully saturated rings. The molecule has 0 unspecified atom stereocenters. The average molecular weight is 318 g/mol. The Hall–Kier alpha value is -2.04. The number of rotatable bonds is 10. The molecule has 5 nitrogen and oxygen atoms in total. The number of carbonyl (C=O) groups excluding carboxylic acids is 2. The van der Waals surface area contributed by atoms with Crippen molar-refractivity contribution in [3.05, 3.63) is 29.8 Å². The lowest BCUT2D eigenvalue weighted by Crippen LogP contribution is -2.37. The summed E-state index contributed by atoms with van der Waals surface area (Å²) in [6.45, 7) is 2.90. The molecule has 2 rings (SSSR count). The van der Waals surface area contributed by atoms with Crippen molar-refractivity contribution < 1.29 is 14.3 Å². The Morgan fingerprint density at radius 1 is 1.13 bits per heavy atom. The first-order valence-corrected chi connectivity index (χ1v) is 8.49. The van der Waals surface area contributed by atoms with Crippen molar-refractivity contribution in [1.29, 1.82) is 0 Å². The van der Waals surface area contributed by atoms with Gasteiger partial charge in [-0.3, -0.25) is 9.59 Å². The quantitative estimate of drug-likeness (QED) is 0.652. The first-order valence-electron chi connectivity index (χ1n) is 8.49. The van der Waals surface area contributed by atoms with Gasteiger partial charge in [-0.15, -0.1) is 0 Å². The van der Waals surface area contributed by atoms with Crippen LogP contribution in [-0.2, 0) is 4.79 Å². The number of nitrogens with one attached hydrogen (secondary N) is 2. The minimum absolute atomic E-state index is 0.0189. The molecule has 0 aromatic heterocycles. The van der Waals surface area contributed by atoms with E-state index in [9.17, 15) is 9.59 Å². The smallest absolute Gasteiger partial charge is 0.251 e. The van der Waals surface area contributed by atoms with Crippen LogP contribution in [0.25, 0.3) is 0 Å². The molecule has 1 aliphatic rings. The zero-order valence-electron chi connectivity index (χ0n) is 13.8. The third-order valence-electron chi connectivity index (χ3n) is 3.74. The van der Waals surface area contributed by atoms with Gasteiger partial charge in [0, 0.05) is 11.6 Å². The number of benzene rings is 1. The maximum absolute atomic E-state index is 12.0. The predicted molar refractivity (Wildman–Crippen MR) is 89.6 cm³/mol. The van der Waals surface area contributed by atoms with Gasteiger partial charge in [0.2, 0.25) is 5.91 Å². The van der Waals surface area contributed by atoms with Crippen LogP contribution < -0.4 is 15.4 Å². The molecule has 0 heterocycles. The Morgan fingerprint density at radius 2 is 1.87 bits per heavy atom. The van der Waals surface area contributed by atoms with Gasteiger partial charge in [-0.25, -0.2) is 0 Å². The third-order valence-corrected chi connectivity index (χ3v) is 3.74. The lowest BCUT2D eigenvalue weighted by atomic mass is 10.2. The van der Waals surface area contributed by atoms with Crippen LogP contribution in [0, 0.1) is 0 Å². The molecule has 0 radical (unpaired) electrons. The van der Waals surface area contributed by atoms with Gasteiger partial charge in [0.25, 0.3) is 5.91 Å². The van der Waals surface area contributed by atoms with Gasteiger partial charge < -0.3 is 15.4 Å². The topological polar surface area (TPSA) is 67.4 Å². The zero-order chi connectivity index (χ0) is 16.5. The number of ether oxygens (including phenoxy) is 1. The molecule has 0 atom stereocenters. The summed E-state index contributed by atoms with van der Waals surface area (Å²) in [4.78, 5) is 23.5. The SMILES string of the molecule is CCCCCCOc1ccc(C(=O)NCC(=O)NC2CC2)cc1. The van der Waals surface area contributed by atoms with Gasteiger partial charge in [-0.2, -0.15) is 0 Å². The molecule has 1 aliphatic carbocycles. The molecule has 0 aliphatic heterocycles. The van der Waals surface area contributed by atoms with Crippen molar-refractivity contribution in [2.75, 3.05) is 13.2 Å². The summed E-state index contributed by atoms with van der Waals surface area (Å²) < 4.78 is 5.64. The van der Waals surface area contributed by atoms with E-state index in [1.165, 1.54) is 19.3 Å². The van der Waals surface area contributed by atoms with Crippen LogP contribution in [0.3, 0.4) is 0 Å². The van der Waals surface area contributed by atoms with E-state index >= 15 is 0 Å². The molecular weight excluding hydrogens is 292 g/mol. The molecule has 2 N–H and O–H groups in total. The highest BCUT2D eigenvalue weighted by molar-refractivity contribution is 5.96. The summed E-state index contributed by atoms with van der Waals surface area (Å²) in [6, 6.07) is 7.33. The van der Waals surface area contributed by atoms with E-state index in [2.05, 4.69) is 17.6 Å². The second-order valence-corrected chi connectivity index (χ2v) is 5.96. The molecule has 1 aromatic carbocycles. The largest absolute Gasteiger partial charge is 0.494 e. The predicted octanol–water partition coefficient (Wildman–Crippen LogP) is 2.65. The first-order chi connectivity index (χ1) is 11.2. The van der Waals surface area contributed by atoms with E-state index in [1.54, 1.807) is 24.3 Å². The molecule has 2 amide bonds. The minimum Gasteiger partial charge on any atom is -0.494 e. The second-order valence-electron chi connectivity index (χ2n) is 5.96. The van der Waals surface area contributed by atoms with E-state index in [-0.39, 0.29) is 18.4 Å². The van der Waals surface area contributed by atoms with E-state index in [4.69, 9.17) is 4.74 Å². The molecule has 0 saturated heterocycles. The summed E-state index contributed by atoms with van der Waals surface area (Å²) in [7, 11) is 0. The van der Waals surface area contributed by atoms with Crippen molar-refractivity contribution >= 4 is 11.8 Å². The summed E-state index contributed by atoms with van der Waals surface area (Å²) in [5.74, 6) is 0.392. The van der Waals surface area contributed by atoms with Crippen LogP contribution in [0.2, 0.25) is 0 Å². The summed E-state index contributed by atoms with van der Waals surface area (Å²) in [5.41, 5.74) is 0.530. The molecule has 1 saturated carbocycles. The normalized spacial score (nSPS) is 13.4. The van der Waals surface area contributed by atoms with Gasteiger partial charge in [0.05, 0.1) is 13.2 Å². The van der Waals surface area contributed by atoms with Crippen molar-refractivity contribution in [1.82, 2.24) is 10.6 Å². The van der Waals surface area contributed by atoms with Crippen molar-refractivity contribution in [2.45, 2.75) is 51.5 Å². The number of amides is 2. The standard InChI is InChI=1S/C18H26N2O3/c1-2-3-4-5-12-23-16-10-6-14(7-11-16)18(22)19-13-17(21)20-15-8-9-15/h6-7,10-11,15H,2-5,8-9,12-13H2,1H3,(H,19,22)(H,20,21). The summed E-state index contributed by atoms with van der Waals surface area (Å²) in [6.07, 6.45) is 6.75. The van der Waals surface area contributed by atoms with Crippen LogP contribution in [0.15, 0.2) is 24.3 Å². The first kappa shape index (κ1) is 17.3. The van der Waals surface area contributed by atoms with E-state index in [0.29, 0.717) is 18.2 Å². The maximum atomic E-state index is 12.0. The fourth-order valence-corrected chi connectivity index (χ4v) is 2.19. The maximum Gasteiger partial charge on any atom is 0.251 e. The molecule has 5 heteroatoms. The fraction of sp³-hybridized carbons (Fsp3) is 0.556. The van der Waals surface area contributed by atoms with Gasteiger partial charge in [-0.1, -0.05) is 26.2 Å². The van der Waals surface area contributed by atoms with Crippen LogP contribution in [0.1, 0.15) is 55.8 Å². The van der Waals surface area contributed by atoms with Crippen molar-refractivity contribution in [3.8, 4) is 5.75 Å². The van der Waals surface area contributed by atoms with Gasteiger partial charge in [-0.05, 0) is 43.5 Å². The Bertz CT molecular complexity index is 510. The van der Waals surface area contributed by atoms with Crippen LogP contribution in [0.5, 0.6) is 5.75 Å². The fourth-order valence-electron chi connectivity index (χ4n) is 2.19. The third kappa shape index (κ3) is 6.72. The lowest BCUT2D eigenvalue weighted by molar-refractivity contribution is -0.120. The van der Waals surface area contributed by atoms with Gasteiger partial charge in [0.15, 0.2) is 0 Å². The highest BCUT2D eigenvalue weighted by Crippen LogP contribution is 2.18. The van der Waals surface area contributed by atoms with Gasteiger partial charge >= 0.3 is 0 Å². The van der Waals surface area contributed by atoms with Crippen molar-refractivity contribution in [3.63, 3.8) is 0 Å². The number of unbranched alkanes of at least 4 members (excludes halogenated alkanes) is 3. The summed E-state index contributed by atoms with van der Waals surface area (Å²) >= 11 is 0. The Morgan fingerprint density at radius 3 is 2.52 bits per heavy atom. The monoisotopic (exact) mass is 318 g/mol. The van der Waals surface area contributed by atoms with Crippen LogP contribution in [-0.4, -0.2) is 31.0 Å². The Kier molecular flexibility index (Phi) is 6.91. The molecular formula is C18H26N2O3. The Labute approximate surface area is 137 Å².